The maximum atomic E-state index is 13.5. The smallest absolute Gasteiger partial charge is 0.243 e. The third-order valence-electron chi connectivity index (χ3n) is 8.24. The van der Waals surface area contributed by atoms with Crippen LogP contribution in [0.2, 0.25) is 0 Å². The van der Waals surface area contributed by atoms with Crippen LogP contribution < -0.4 is 10.6 Å². The molecule has 33 heavy (non-hydrogen) atoms. The van der Waals surface area contributed by atoms with Crippen LogP contribution in [0.15, 0.2) is 43.0 Å². The molecule has 6 nitrogen and oxygen atoms in total. The number of nitrogens with one attached hydrogen (secondary N) is 2. The van der Waals surface area contributed by atoms with Crippen LogP contribution in [-0.4, -0.2) is 27.4 Å². The molecule has 1 atom stereocenters. The van der Waals surface area contributed by atoms with Crippen molar-refractivity contribution in [1.29, 1.82) is 0 Å². The van der Waals surface area contributed by atoms with E-state index in [1.54, 1.807) is 12.5 Å². The molecule has 2 amide bonds. The highest BCUT2D eigenvalue weighted by molar-refractivity contribution is 5.90. The number of amides is 2. The van der Waals surface area contributed by atoms with Crippen molar-refractivity contribution in [2.75, 3.05) is 0 Å². The molecule has 4 fully saturated rings. The summed E-state index contributed by atoms with van der Waals surface area (Å²) in [5, 5.41) is 6.30. The minimum Gasteiger partial charge on any atom is -0.350 e. The molecule has 1 aromatic carbocycles. The number of hydrogen-bond acceptors (Lipinski definition) is 3. The molecular formula is C27H36N4O2. The van der Waals surface area contributed by atoms with Gasteiger partial charge in [0.2, 0.25) is 11.8 Å². The zero-order valence-electron chi connectivity index (χ0n) is 19.8. The van der Waals surface area contributed by atoms with Gasteiger partial charge in [-0.3, -0.25) is 9.59 Å². The van der Waals surface area contributed by atoms with E-state index in [0.29, 0.717) is 30.8 Å². The Kier molecular flexibility index (Phi) is 6.02. The molecule has 0 radical (unpaired) electrons. The highest BCUT2D eigenvalue weighted by atomic mass is 16.2. The van der Waals surface area contributed by atoms with E-state index in [1.807, 2.05) is 42.8 Å². The van der Waals surface area contributed by atoms with Gasteiger partial charge < -0.3 is 15.2 Å². The van der Waals surface area contributed by atoms with E-state index in [1.165, 1.54) is 19.3 Å². The molecule has 176 valence electrons. The van der Waals surface area contributed by atoms with E-state index in [9.17, 15) is 9.59 Å². The third-order valence-corrected chi connectivity index (χ3v) is 8.24. The van der Waals surface area contributed by atoms with Crippen LogP contribution in [0.1, 0.15) is 63.5 Å². The van der Waals surface area contributed by atoms with Crippen LogP contribution in [0.25, 0.3) is 0 Å². The molecule has 2 N–H and O–H groups in total. The number of nitrogens with zero attached hydrogens (tertiary/aromatic N) is 2. The summed E-state index contributed by atoms with van der Waals surface area (Å²) in [7, 11) is 0. The van der Waals surface area contributed by atoms with Gasteiger partial charge in [0.05, 0.1) is 6.33 Å². The van der Waals surface area contributed by atoms with E-state index in [0.717, 1.165) is 30.4 Å². The Balaban J connectivity index is 1.23. The van der Waals surface area contributed by atoms with Gasteiger partial charge in [-0.1, -0.05) is 38.1 Å². The first-order valence-electron chi connectivity index (χ1n) is 12.5. The second-order valence-electron chi connectivity index (χ2n) is 11.1. The third kappa shape index (κ3) is 4.57. The fourth-order valence-electron chi connectivity index (χ4n) is 6.97. The van der Waals surface area contributed by atoms with Gasteiger partial charge >= 0.3 is 0 Å². The van der Waals surface area contributed by atoms with Crippen LogP contribution in [0.4, 0.5) is 0 Å². The van der Waals surface area contributed by atoms with E-state index >= 15 is 0 Å². The lowest BCUT2D eigenvalue weighted by Crippen LogP contribution is -2.58. The van der Waals surface area contributed by atoms with Crippen LogP contribution in [-0.2, 0) is 22.7 Å². The molecular weight excluding hydrogens is 412 g/mol. The lowest BCUT2D eigenvalue weighted by molar-refractivity contribution is -0.149. The summed E-state index contributed by atoms with van der Waals surface area (Å²) >= 11 is 0. The molecule has 0 aliphatic heterocycles. The van der Waals surface area contributed by atoms with E-state index in [-0.39, 0.29) is 23.1 Å². The maximum absolute atomic E-state index is 13.5. The Morgan fingerprint density at radius 3 is 2.27 bits per heavy atom. The second-order valence-corrected chi connectivity index (χ2v) is 11.1. The Morgan fingerprint density at radius 1 is 1.06 bits per heavy atom. The summed E-state index contributed by atoms with van der Waals surface area (Å²) in [4.78, 5) is 30.8. The Labute approximate surface area is 196 Å². The largest absolute Gasteiger partial charge is 0.350 e. The Morgan fingerprint density at radius 2 is 1.70 bits per heavy atom. The highest BCUT2D eigenvalue weighted by Gasteiger charge is 2.55. The van der Waals surface area contributed by atoms with Crippen LogP contribution >= 0.6 is 0 Å². The van der Waals surface area contributed by atoms with Gasteiger partial charge in [0.15, 0.2) is 0 Å². The summed E-state index contributed by atoms with van der Waals surface area (Å²) < 4.78 is 2.02. The average molecular weight is 449 g/mol. The topological polar surface area (TPSA) is 76.0 Å². The van der Waals surface area contributed by atoms with E-state index < -0.39 is 6.04 Å². The summed E-state index contributed by atoms with van der Waals surface area (Å²) in [5.41, 5.74) is 1.99. The zero-order chi connectivity index (χ0) is 23.0. The van der Waals surface area contributed by atoms with Crippen LogP contribution in [0.3, 0.4) is 0 Å². The van der Waals surface area contributed by atoms with Gasteiger partial charge in [0.25, 0.3) is 0 Å². The summed E-state index contributed by atoms with van der Waals surface area (Å²) in [6.07, 6.45) is 12.5. The van der Waals surface area contributed by atoms with Crippen molar-refractivity contribution in [2.24, 2.45) is 29.1 Å². The molecule has 1 aromatic heterocycles. The first kappa shape index (κ1) is 22.2. The molecule has 0 saturated heterocycles. The van der Waals surface area contributed by atoms with Gasteiger partial charge in [-0.05, 0) is 73.3 Å². The lowest BCUT2D eigenvalue weighted by Gasteiger charge is -2.55. The predicted octanol–water partition coefficient (Wildman–Crippen LogP) is 3.90. The lowest BCUT2D eigenvalue weighted by atomic mass is 9.49. The number of carbonyl (C=O) groups is 2. The summed E-state index contributed by atoms with van der Waals surface area (Å²) in [6, 6.07) is 7.63. The molecule has 2 aromatic rings. The molecule has 6 rings (SSSR count). The van der Waals surface area contributed by atoms with Gasteiger partial charge in [-0.2, -0.15) is 0 Å². The van der Waals surface area contributed by atoms with Crippen molar-refractivity contribution >= 4 is 11.8 Å². The molecule has 6 heteroatoms. The van der Waals surface area contributed by atoms with Crippen molar-refractivity contribution < 1.29 is 9.59 Å². The van der Waals surface area contributed by atoms with Gasteiger partial charge in [0, 0.05) is 30.9 Å². The minimum atomic E-state index is -0.508. The van der Waals surface area contributed by atoms with Crippen molar-refractivity contribution in [3.63, 3.8) is 0 Å². The molecule has 4 saturated carbocycles. The quantitative estimate of drug-likeness (QED) is 0.643. The normalized spacial score (nSPS) is 28.6. The van der Waals surface area contributed by atoms with Crippen molar-refractivity contribution in [2.45, 2.75) is 71.5 Å². The molecule has 0 spiro atoms. The number of benzene rings is 1. The SMILES string of the molecule is CC(C)C(NC(=O)C12CC3CC(CC(C3)C1)C2)C(=O)NCc1ccccc1Cn1ccnc1. The number of aromatic nitrogens is 2. The molecule has 4 aliphatic rings. The summed E-state index contributed by atoms with van der Waals surface area (Å²) in [6.45, 7) is 5.18. The maximum Gasteiger partial charge on any atom is 0.243 e. The first-order valence-corrected chi connectivity index (χ1v) is 12.5. The number of hydrogen-bond donors (Lipinski definition) is 2. The average Bonchev–Trinajstić information content (AvgIpc) is 3.28. The highest BCUT2D eigenvalue weighted by Crippen LogP contribution is 2.60. The van der Waals surface area contributed by atoms with Crippen molar-refractivity contribution in [3.8, 4) is 0 Å². The van der Waals surface area contributed by atoms with Crippen molar-refractivity contribution in [1.82, 2.24) is 20.2 Å². The monoisotopic (exact) mass is 448 g/mol. The molecule has 1 heterocycles. The van der Waals surface area contributed by atoms with E-state index in [4.69, 9.17) is 0 Å². The van der Waals surface area contributed by atoms with Crippen LogP contribution in [0.5, 0.6) is 0 Å². The summed E-state index contributed by atoms with van der Waals surface area (Å²) in [5.74, 6) is 2.18. The molecule has 1 unspecified atom stereocenters. The molecule has 4 aliphatic carbocycles. The number of imidazole rings is 1. The minimum absolute atomic E-state index is 0.0315. The second kappa shape index (κ2) is 8.96. The fraction of sp³-hybridized carbons (Fsp3) is 0.593. The standard InChI is InChI=1S/C27H36N4O2/c1-18(2)24(30-26(33)27-12-19-9-20(13-27)11-21(10-19)14-27)25(32)29-15-22-5-3-4-6-23(22)16-31-8-7-28-17-31/h3-8,17-21,24H,9-16H2,1-2H3,(H,29,32)(H,30,33). The Bertz CT molecular complexity index is 962. The van der Waals surface area contributed by atoms with Crippen molar-refractivity contribution in [3.05, 3.63) is 54.1 Å². The Hall–Kier alpha value is -2.63. The van der Waals surface area contributed by atoms with Gasteiger partial charge in [-0.15, -0.1) is 0 Å². The predicted molar refractivity (Wildman–Crippen MR) is 127 cm³/mol. The number of carbonyl (C=O) groups excluding carboxylic acids is 2. The van der Waals surface area contributed by atoms with Crippen LogP contribution in [0, 0.1) is 29.1 Å². The van der Waals surface area contributed by atoms with Gasteiger partial charge in [0.1, 0.15) is 6.04 Å². The van der Waals surface area contributed by atoms with E-state index in [2.05, 4.69) is 21.7 Å². The molecule has 4 bridgehead atoms. The number of rotatable bonds is 8. The first-order chi connectivity index (χ1) is 15.9. The fourth-order valence-corrected chi connectivity index (χ4v) is 6.97. The van der Waals surface area contributed by atoms with Gasteiger partial charge in [-0.25, -0.2) is 4.98 Å². The zero-order valence-corrected chi connectivity index (χ0v) is 19.8.